The van der Waals surface area contributed by atoms with Gasteiger partial charge in [0.25, 0.3) is 0 Å². The zero-order chi connectivity index (χ0) is 21.3. The number of hydrogen-bond acceptors (Lipinski definition) is 5. The summed E-state index contributed by atoms with van der Waals surface area (Å²) in [6, 6.07) is 13.4. The summed E-state index contributed by atoms with van der Waals surface area (Å²) in [6.45, 7) is 4.21. The molecule has 0 saturated carbocycles. The van der Waals surface area contributed by atoms with E-state index in [0.717, 1.165) is 21.8 Å². The molecule has 0 spiro atoms. The third kappa shape index (κ3) is 4.16. The summed E-state index contributed by atoms with van der Waals surface area (Å²) >= 11 is 1.59. The van der Waals surface area contributed by atoms with Crippen molar-refractivity contribution in [2.75, 3.05) is 11.9 Å². The van der Waals surface area contributed by atoms with Crippen LogP contribution in [0.25, 0.3) is 11.3 Å². The number of rotatable bonds is 5. The maximum absolute atomic E-state index is 13.1. The van der Waals surface area contributed by atoms with Crippen LogP contribution in [-0.4, -0.2) is 36.2 Å². The number of sulfonamides is 1. The molecule has 2 heterocycles. The monoisotopic (exact) mass is 441 g/mol. The molecule has 4 rings (SSSR count). The largest absolute Gasteiger partial charge is 0.325 e. The molecular formula is C22H23N3O3S2. The van der Waals surface area contributed by atoms with Crippen LogP contribution >= 0.6 is 11.3 Å². The molecule has 3 aromatic rings. The van der Waals surface area contributed by atoms with E-state index in [4.69, 9.17) is 0 Å². The second-order valence-corrected chi connectivity index (χ2v) is 10.4. The Morgan fingerprint density at radius 2 is 1.80 bits per heavy atom. The van der Waals surface area contributed by atoms with Gasteiger partial charge in [-0.1, -0.05) is 29.8 Å². The number of thiazole rings is 1. The predicted octanol–water partition coefficient (Wildman–Crippen LogP) is 4.22. The summed E-state index contributed by atoms with van der Waals surface area (Å²) in [5.41, 5.74) is 3.50. The average Bonchev–Trinajstić information content (AvgIpc) is 3.38. The Hall–Kier alpha value is -2.55. The normalized spacial score (nSPS) is 17.2. The molecule has 1 aliphatic heterocycles. The van der Waals surface area contributed by atoms with Gasteiger partial charge in [0, 0.05) is 23.2 Å². The van der Waals surface area contributed by atoms with Crippen molar-refractivity contribution in [3.63, 3.8) is 0 Å². The summed E-state index contributed by atoms with van der Waals surface area (Å²) in [6.07, 6.45) is 1.17. The van der Waals surface area contributed by atoms with Crippen LogP contribution in [0.3, 0.4) is 0 Å². The predicted molar refractivity (Wildman–Crippen MR) is 119 cm³/mol. The van der Waals surface area contributed by atoms with Crippen LogP contribution in [0.1, 0.15) is 23.4 Å². The molecule has 0 aliphatic carbocycles. The molecule has 1 amide bonds. The van der Waals surface area contributed by atoms with Gasteiger partial charge in [-0.25, -0.2) is 13.4 Å². The molecule has 0 bridgehead atoms. The van der Waals surface area contributed by atoms with Gasteiger partial charge in [0.2, 0.25) is 15.9 Å². The third-order valence-corrected chi connectivity index (χ3v) is 7.90. The van der Waals surface area contributed by atoms with Crippen LogP contribution in [0, 0.1) is 13.8 Å². The van der Waals surface area contributed by atoms with E-state index < -0.39 is 16.1 Å². The molecule has 0 radical (unpaired) electrons. The standard InChI is InChI=1S/C22H23N3O3S2/c1-15-5-11-19(12-6-15)30(27,28)25-13-3-4-21(25)22(26)24-18-9-7-17(8-10-18)20-14-29-16(2)23-20/h5-12,14,21H,3-4,13H2,1-2H3,(H,24,26)/t21-/m1/s1. The zero-order valence-electron chi connectivity index (χ0n) is 16.8. The van der Waals surface area contributed by atoms with E-state index in [1.807, 2.05) is 43.5 Å². The number of aryl methyl sites for hydroxylation is 2. The molecule has 156 valence electrons. The minimum absolute atomic E-state index is 0.218. The lowest BCUT2D eigenvalue weighted by Crippen LogP contribution is -2.43. The first-order valence-corrected chi connectivity index (χ1v) is 12.1. The van der Waals surface area contributed by atoms with E-state index in [0.29, 0.717) is 25.1 Å². The molecule has 30 heavy (non-hydrogen) atoms. The molecule has 1 N–H and O–H groups in total. The molecule has 1 fully saturated rings. The fraction of sp³-hybridized carbons (Fsp3) is 0.273. The van der Waals surface area contributed by atoms with Crippen molar-refractivity contribution in [1.82, 2.24) is 9.29 Å². The van der Waals surface area contributed by atoms with Crippen molar-refractivity contribution in [1.29, 1.82) is 0 Å². The maximum Gasteiger partial charge on any atom is 0.243 e. The molecule has 6 nitrogen and oxygen atoms in total. The number of nitrogens with one attached hydrogen (secondary N) is 1. The van der Waals surface area contributed by atoms with E-state index in [1.54, 1.807) is 35.6 Å². The first-order chi connectivity index (χ1) is 14.3. The van der Waals surface area contributed by atoms with Crippen molar-refractivity contribution in [2.45, 2.75) is 37.6 Å². The van der Waals surface area contributed by atoms with Gasteiger partial charge in [0.1, 0.15) is 6.04 Å². The lowest BCUT2D eigenvalue weighted by atomic mass is 10.1. The molecule has 2 aromatic carbocycles. The number of carbonyl (C=O) groups is 1. The Kier molecular flexibility index (Phi) is 5.73. The SMILES string of the molecule is Cc1ccc(S(=O)(=O)N2CCC[C@@H]2C(=O)Nc2ccc(-c3csc(C)n3)cc2)cc1. The number of benzene rings is 2. The van der Waals surface area contributed by atoms with Crippen LogP contribution in [0.2, 0.25) is 0 Å². The number of nitrogens with zero attached hydrogens (tertiary/aromatic N) is 2. The molecule has 0 unspecified atom stereocenters. The minimum Gasteiger partial charge on any atom is -0.325 e. The van der Waals surface area contributed by atoms with Gasteiger partial charge in [-0.15, -0.1) is 11.3 Å². The minimum atomic E-state index is -3.72. The Morgan fingerprint density at radius 1 is 1.10 bits per heavy atom. The summed E-state index contributed by atoms with van der Waals surface area (Å²) < 4.78 is 27.4. The smallest absolute Gasteiger partial charge is 0.243 e. The highest BCUT2D eigenvalue weighted by Crippen LogP contribution is 2.28. The number of aromatic nitrogens is 1. The molecule has 1 aromatic heterocycles. The van der Waals surface area contributed by atoms with E-state index in [-0.39, 0.29) is 10.8 Å². The first-order valence-electron chi connectivity index (χ1n) is 9.76. The Morgan fingerprint density at radius 3 is 2.43 bits per heavy atom. The fourth-order valence-corrected chi connectivity index (χ4v) is 5.86. The van der Waals surface area contributed by atoms with Crippen LogP contribution in [0.4, 0.5) is 5.69 Å². The van der Waals surface area contributed by atoms with Crippen molar-refractivity contribution in [3.05, 3.63) is 64.5 Å². The molecule has 1 atom stereocenters. The van der Waals surface area contributed by atoms with Crippen molar-refractivity contribution < 1.29 is 13.2 Å². The second kappa shape index (κ2) is 8.29. The number of anilines is 1. The van der Waals surface area contributed by atoms with Gasteiger partial charge in [0.15, 0.2) is 0 Å². The summed E-state index contributed by atoms with van der Waals surface area (Å²) in [5.74, 6) is -0.305. The highest BCUT2D eigenvalue weighted by molar-refractivity contribution is 7.89. The zero-order valence-corrected chi connectivity index (χ0v) is 18.5. The molecule has 1 saturated heterocycles. The Balaban J connectivity index is 1.49. The first kappa shape index (κ1) is 20.7. The topological polar surface area (TPSA) is 79.4 Å². The average molecular weight is 442 g/mol. The number of hydrogen-bond donors (Lipinski definition) is 1. The molecule has 1 aliphatic rings. The lowest BCUT2D eigenvalue weighted by Gasteiger charge is -2.23. The summed E-state index contributed by atoms with van der Waals surface area (Å²) in [7, 11) is -3.72. The second-order valence-electron chi connectivity index (χ2n) is 7.41. The van der Waals surface area contributed by atoms with Gasteiger partial charge in [0.05, 0.1) is 15.6 Å². The maximum atomic E-state index is 13.1. The fourth-order valence-electron chi connectivity index (χ4n) is 3.58. The Labute approximate surface area is 180 Å². The Bertz CT molecular complexity index is 1150. The number of carbonyl (C=O) groups excluding carboxylic acids is 1. The summed E-state index contributed by atoms with van der Waals surface area (Å²) in [5, 5.41) is 5.86. The molecule has 8 heteroatoms. The van der Waals surface area contributed by atoms with Crippen LogP contribution in [0.5, 0.6) is 0 Å². The van der Waals surface area contributed by atoms with E-state index in [2.05, 4.69) is 10.3 Å². The van der Waals surface area contributed by atoms with E-state index >= 15 is 0 Å². The highest BCUT2D eigenvalue weighted by atomic mass is 32.2. The van der Waals surface area contributed by atoms with Crippen molar-refractivity contribution >= 4 is 33.0 Å². The van der Waals surface area contributed by atoms with E-state index in [9.17, 15) is 13.2 Å². The lowest BCUT2D eigenvalue weighted by molar-refractivity contribution is -0.119. The van der Waals surface area contributed by atoms with Crippen LogP contribution in [0.15, 0.2) is 58.8 Å². The quantitative estimate of drug-likeness (QED) is 0.643. The summed E-state index contributed by atoms with van der Waals surface area (Å²) in [4.78, 5) is 17.6. The van der Waals surface area contributed by atoms with Gasteiger partial charge in [-0.3, -0.25) is 4.79 Å². The highest BCUT2D eigenvalue weighted by Gasteiger charge is 2.39. The van der Waals surface area contributed by atoms with Gasteiger partial charge >= 0.3 is 0 Å². The third-order valence-electron chi connectivity index (χ3n) is 5.20. The van der Waals surface area contributed by atoms with E-state index in [1.165, 1.54) is 4.31 Å². The van der Waals surface area contributed by atoms with Crippen molar-refractivity contribution in [2.24, 2.45) is 0 Å². The van der Waals surface area contributed by atoms with Gasteiger partial charge in [-0.05, 0) is 51.0 Å². The van der Waals surface area contributed by atoms with Crippen LogP contribution < -0.4 is 5.32 Å². The van der Waals surface area contributed by atoms with Crippen LogP contribution in [-0.2, 0) is 14.8 Å². The van der Waals surface area contributed by atoms with Gasteiger partial charge < -0.3 is 5.32 Å². The number of amides is 1. The van der Waals surface area contributed by atoms with Gasteiger partial charge in [-0.2, -0.15) is 4.31 Å². The molecular weight excluding hydrogens is 418 g/mol. The van der Waals surface area contributed by atoms with Crippen molar-refractivity contribution in [3.8, 4) is 11.3 Å².